The van der Waals surface area contributed by atoms with Crippen molar-refractivity contribution in [2.24, 2.45) is 0 Å². The van der Waals surface area contributed by atoms with Crippen molar-refractivity contribution in [2.75, 3.05) is 30.9 Å². The van der Waals surface area contributed by atoms with Gasteiger partial charge in [0, 0.05) is 32.5 Å². The summed E-state index contributed by atoms with van der Waals surface area (Å²) in [6, 6.07) is 8.37. The fourth-order valence-corrected chi connectivity index (χ4v) is 1.65. The molecule has 0 saturated heterocycles. The van der Waals surface area contributed by atoms with Crippen molar-refractivity contribution in [1.82, 2.24) is 5.32 Å². The Morgan fingerprint density at radius 3 is 2.77 bits per heavy atom. The Bertz CT molecular complexity index is 619. The number of amides is 2. The van der Waals surface area contributed by atoms with Crippen LogP contribution < -0.4 is 16.0 Å². The molecule has 7 nitrogen and oxygen atoms in total. The van der Waals surface area contributed by atoms with Crippen LogP contribution in [0.15, 0.2) is 36.0 Å². The molecule has 0 bridgehead atoms. The number of hydrogen-bond acceptors (Lipinski definition) is 5. The first-order valence-corrected chi connectivity index (χ1v) is 6.54. The first-order chi connectivity index (χ1) is 10.5. The minimum Gasteiger partial charge on any atom is -0.399 e. The number of nitrogens with one attached hydrogen (secondary N) is 1. The van der Waals surface area contributed by atoms with Crippen LogP contribution in [0, 0.1) is 11.3 Å². The summed E-state index contributed by atoms with van der Waals surface area (Å²) in [4.78, 5) is 24.9. The summed E-state index contributed by atoms with van der Waals surface area (Å²) >= 11 is 0. The van der Waals surface area contributed by atoms with Gasteiger partial charge in [-0.1, -0.05) is 6.07 Å². The van der Waals surface area contributed by atoms with Gasteiger partial charge in [0.2, 0.25) is 5.91 Å². The summed E-state index contributed by atoms with van der Waals surface area (Å²) in [6.07, 6.45) is 1.19. The van der Waals surface area contributed by atoms with Crippen molar-refractivity contribution in [3.63, 3.8) is 0 Å². The quantitative estimate of drug-likeness (QED) is 0.349. The average molecular weight is 302 g/mol. The number of rotatable bonds is 6. The van der Waals surface area contributed by atoms with E-state index >= 15 is 0 Å². The zero-order valence-corrected chi connectivity index (χ0v) is 12.5. The van der Waals surface area contributed by atoms with Crippen LogP contribution in [0.5, 0.6) is 0 Å². The lowest BCUT2D eigenvalue weighted by atomic mass is 10.2. The number of nitrogens with two attached hydrogens (primary N) is 1. The second-order valence-corrected chi connectivity index (χ2v) is 4.39. The topological polar surface area (TPSA) is 108 Å². The highest BCUT2D eigenvalue weighted by atomic mass is 16.5. The van der Waals surface area contributed by atoms with E-state index in [9.17, 15) is 9.59 Å². The summed E-state index contributed by atoms with van der Waals surface area (Å²) in [7, 11) is 1.50. The molecule has 1 aromatic carbocycles. The molecule has 22 heavy (non-hydrogen) atoms. The zero-order valence-electron chi connectivity index (χ0n) is 12.5. The maximum atomic E-state index is 11.9. The SMILES string of the molecule is COCCNC(=O)/C(C#N)=C\N(C(C)=O)c1cccc(N)c1. The van der Waals surface area contributed by atoms with Crippen LogP contribution >= 0.6 is 0 Å². The second-order valence-electron chi connectivity index (χ2n) is 4.39. The Morgan fingerprint density at radius 2 is 2.23 bits per heavy atom. The first kappa shape index (κ1) is 17.2. The number of methoxy groups -OCH3 is 1. The number of ether oxygens (including phenoxy) is 1. The summed E-state index contributed by atoms with van der Waals surface area (Å²) < 4.78 is 4.81. The number of carbonyl (C=O) groups excluding carboxylic acids is 2. The van der Waals surface area contributed by atoms with Gasteiger partial charge in [0.25, 0.3) is 5.91 Å². The van der Waals surface area contributed by atoms with Gasteiger partial charge >= 0.3 is 0 Å². The number of carbonyl (C=O) groups is 2. The number of hydrogen-bond donors (Lipinski definition) is 2. The standard InChI is InChI=1S/C15H18N4O3/c1-11(20)19(14-5-3-4-13(17)8-14)10-12(9-16)15(21)18-6-7-22-2/h3-5,8,10H,6-7,17H2,1-2H3,(H,18,21)/b12-10-. The van der Waals surface area contributed by atoms with E-state index in [1.807, 2.05) is 0 Å². The molecule has 2 amide bonds. The van der Waals surface area contributed by atoms with E-state index in [4.69, 9.17) is 15.7 Å². The van der Waals surface area contributed by atoms with Crippen LogP contribution in [-0.2, 0) is 14.3 Å². The van der Waals surface area contributed by atoms with Crippen LogP contribution in [0.2, 0.25) is 0 Å². The predicted octanol–water partition coefficient (Wildman–Crippen LogP) is 0.792. The van der Waals surface area contributed by atoms with E-state index < -0.39 is 5.91 Å². The molecule has 0 aliphatic rings. The van der Waals surface area contributed by atoms with Crippen LogP contribution in [0.1, 0.15) is 6.92 Å². The highest BCUT2D eigenvalue weighted by Crippen LogP contribution is 2.19. The Labute approximate surface area is 129 Å². The van der Waals surface area contributed by atoms with Crippen molar-refractivity contribution in [3.8, 4) is 6.07 Å². The lowest BCUT2D eigenvalue weighted by Gasteiger charge is -2.17. The molecule has 1 rings (SSSR count). The minimum atomic E-state index is -0.574. The van der Waals surface area contributed by atoms with Crippen molar-refractivity contribution in [2.45, 2.75) is 6.92 Å². The normalized spacial score (nSPS) is 10.7. The Morgan fingerprint density at radius 1 is 1.50 bits per heavy atom. The van der Waals surface area contributed by atoms with Gasteiger partial charge in [-0.3, -0.25) is 14.5 Å². The highest BCUT2D eigenvalue weighted by Gasteiger charge is 2.15. The Hall–Kier alpha value is -2.85. The third kappa shape index (κ3) is 4.92. The highest BCUT2D eigenvalue weighted by molar-refractivity contribution is 6.01. The number of nitrogens with zero attached hydrogens (tertiary/aromatic N) is 2. The Kier molecular flexibility index (Phi) is 6.60. The van der Waals surface area contributed by atoms with E-state index in [-0.39, 0.29) is 18.0 Å². The third-order valence-corrected chi connectivity index (χ3v) is 2.70. The maximum absolute atomic E-state index is 11.9. The summed E-state index contributed by atoms with van der Waals surface area (Å²) in [5.41, 5.74) is 6.45. The molecule has 0 unspecified atom stereocenters. The fourth-order valence-electron chi connectivity index (χ4n) is 1.65. The maximum Gasteiger partial charge on any atom is 0.263 e. The van der Waals surface area contributed by atoms with E-state index in [1.165, 1.54) is 25.1 Å². The van der Waals surface area contributed by atoms with Crippen molar-refractivity contribution in [1.29, 1.82) is 5.26 Å². The lowest BCUT2D eigenvalue weighted by Crippen LogP contribution is -2.30. The molecular weight excluding hydrogens is 284 g/mol. The first-order valence-electron chi connectivity index (χ1n) is 6.54. The molecule has 0 fully saturated rings. The molecule has 0 atom stereocenters. The molecule has 0 aliphatic heterocycles. The van der Waals surface area contributed by atoms with Gasteiger partial charge in [-0.15, -0.1) is 0 Å². The molecule has 0 aromatic heterocycles. The Balaban J connectivity index is 3.02. The van der Waals surface area contributed by atoms with E-state index in [0.717, 1.165) is 0 Å². The van der Waals surface area contributed by atoms with Gasteiger partial charge in [-0.05, 0) is 18.2 Å². The van der Waals surface area contributed by atoms with Crippen molar-refractivity contribution >= 4 is 23.2 Å². The van der Waals surface area contributed by atoms with Crippen LogP contribution in [0.25, 0.3) is 0 Å². The smallest absolute Gasteiger partial charge is 0.263 e. The number of anilines is 2. The third-order valence-electron chi connectivity index (χ3n) is 2.70. The second kappa shape index (κ2) is 8.44. The number of nitriles is 1. The molecule has 116 valence electrons. The molecule has 7 heteroatoms. The van der Waals surface area contributed by atoms with E-state index in [1.54, 1.807) is 30.3 Å². The lowest BCUT2D eigenvalue weighted by molar-refractivity contribution is -0.117. The van der Waals surface area contributed by atoms with Crippen LogP contribution in [0.4, 0.5) is 11.4 Å². The average Bonchev–Trinajstić information content (AvgIpc) is 2.48. The van der Waals surface area contributed by atoms with E-state index in [2.05, 4.69) is 5.32 Å². The van der Waals surface area contributed by atoms with Gasteiger partial charge in [-0.25, -0.2) is 0 Å². The monoisotopic (exact) mass is 302 g/mol. The molecule has 3 N–H and O–H groups in total. The molecule has 1 aromatic rings. The van der Waals surface area contributed by atoms with Crippen molar-refractivity contribution < 1.29 is 14.3 Å². The van der Waals surface area contributed by atoms with E-state index in [0.29, 0.717) is 18.0 Å². The van der Waals surface area contributed by atoms with Crippen molar-refractivity contribution in [3.05, 3.63) is 36.0 Å². The summed E-state index contributed by atoms with van der Waals surface area (Å²) in [5.74, 6) is -0.919. The number of benzene rings is 1. The minimum absolute atomic E-state index is 0.186. The van der Waals surface area contributed by atoms with Gasteiger partial charge < -0.3 is 15.8 Å². The van der Waals surface area contributed by atoms with Gasteiger partial charge in [-0.2, -0.15) is 5.26 Å². The molecular formula is C15H18N4O3. The van der Waals surface area contributed by atoms with Crippen LogP contribution in [0.3, 0.4) is 0 Å². The largest absolute Gasteiger partial charge is 0.399 e. The summed E-state index contributed by atoms with van der Waals surface area (Å²) in [5, 5.41) is 11.6. The fraction of sp³-hybridized carbons (Fsp3) is 0.267. The summed E-state index contributed by atoms with van der Waals surface area (Å²) in [6.45, 7) is 1.93. The van der Waals surface area contributed by atoms with Gasteiger partial charge in [0.1, 0.15) is 11.6 Å². The number of nitrogen functional groups attached to an aromatic ring is 1. The van der Waals surface area contributed by atoms with Crippen LogP contribution in [-0.4, -0.2) is 32.1 Å². The zero-order chi connectivity index (χ0) is 16.5. The molecule has 0 heterocycles. The molecule has 0 saturated carbocycles. The molecule has 0 spiro atoms. The van der Waals surface area contributed by atoms with Gasteiger partial charge in [0.05, 0.1) is 12.3 Å². The predicted molar refractivity (Wildman–Crippen MR) is 82.6 cm³/mol. The molecule has 0 radical (unpaired) electrons. The molecule has 0 aliphatic carbocycles. The van der Waals surface area contributed by atoms with Gasteiger partial charge in [0.15, 0.2) is 0 Å².